The number of nitrogens with two attached hydrogens (primary N) is 1. The molecule has 0 aliphatic rings. The first kappa shape index (κ1) is 11.1. The largest absolute Gasteiger partial charge is 0.271 e. The lowest BCUT2D eigenvalue weighted by molar-refractivity contribution is 0.546. The third-order valence-corrected chi connectivity index (χ3v) is 3.22. The Morgan fingerprint density at radius 1 is 1.44 bits per heavy atom. The molecule has 1 unspecified atom stereocenters. The van der Waals surface area contributed by atoms with Crippen molar-refractivity contribution in [2.75, 3.05) is 0 Å². The molecular formula is C10H13N5S. The van der Waals surface area contributed by atoms with E-state index in [1.165, 1.54) is 6.33 Å². The van der Waals surface area contributed by atoms with Gasteiger partial charge in [0, 0.05) is 35.5 Å². The van der Waals surface area contributed by atoms with Gasteiger partial charge in [-0.1, -0.05) is 0 Å². The van der Waals surface area contributed by atoms with Crippen molar-refractivity contribution < 1.29 is 0 Å². The number of nitrogens with one attached hydrogen (secondary N) is 1. The maximum Gasteiger partial charge on any atom is 0.115 e. The van der Waals surface area contributed by atoms with E-state index in [-0.39, 0.29) is 6.04 Å². The molecule has 2 aromatic heterocycles. The first-order valence-corrected chi connectivity index (χ1v) is 5.79. The first-order valence-electron chi connectivity index (χ1n) is 4.91. The lowest BCUT2D eigenvalue weighted by Gasteiger charge is -2.13. The summed E-state index contributed by atoms with van der Waals surface area (Å²) in [6, 6.07) is 0.00625. The number of hydrogen-bond acceptors (Lipinski definition) is 6. The molecule has 0 aliphatic heterocycles. The van der Waals surface area contributed by atoms with Crippen LogP contribution in [-0.2, 0) is 6.42 Å². The van der Waals surface area contributed by atoms with Crippen LogP contribution in [0.4, 0.5) is 0 Å². The molecule has 0 aliphatic carbocycles. The van der Waals surface area contributed by atoms with Crippen LogP contribution in [-0.4, -0.2) is 15.0 Å². The quantitative estimate of drug-likeness (QED) is 0.610. The van der Waals surface area contributed by atoms with Gasteiger partial charge >= 0.3 is 0 Å². The van der Waals surface area contributed by atoms with E-state index in [9.17, 15) is 0 Å². The Kier molecular flexibility index (Phi) is 3.55. The van der Waals surface area contributed by atoms with Crippen LogP contribution in [0.1, 0.15) is 22.3 Å². The van der Waals surface area contributed by atoms with Gasteiger partial charge in [0.25, 0.3) is 0 Å². The minimum absolute atomic E-state index is 0.00625. The summed E-state index contributed by atoms with van der Waals surface area (Å²) in [4.78, 5) is 12.4. The van der Waals surface area contributed by atoms with Gasteiger partial charge < -0.3 is 0 Å². The summed E-state index contributed by atoms with van der Waals surface area (Å²) >= 11 is 1.64. The molecule has 0 saturated heterocycles. The molecule has 1 atom stereocenters. The van der Waals surface area contributed by atoms with Gasteiger partial charge in [0.1, 0.15) is 6.33 Å². The van der Waals surface area contributed by atoms with Crippen LogP contribution in [0.15, 0.2) is 24.1 Å². The molecule has 0 aromatic carbocycles. The molecule has 16 heavy (non-hydrogen) atoms. The van der Waals surface area contributed by atoms with E-state index in [1.807, 2.05) is 12.3 Å². The third kappa shape index (κ3) is 2.60. The SMILES string of the molecule is Cc1csc(CC(NN)c2cncnc2)n1. The van der Waals surface area contributed by atoms with Crippen LogP contribution in [0, 0.1) is 6.92 Å². The standard InChI is InChI=1S/C10H13N5S/c1-7-5-16-10(14-7)2-9(15-11)8-3-12-6-13-4-8/h3-6,9,15H,2,11H2,1H3. The zero-order valence-electron chi connectivity index (χ0n) is 8.92. The predicted octanol–water partition coefficient (Wildman–Crippen LogP) is 0.989. The number of aryl methyl sites for hydroxylation is 1. The minimum Gasteiger partial charge on any atom is -0.271 e. The number of rotatable bonds is 4. The van der Waals surface area contributed by atoms with E-state index >= 15 is 0 Å². The van der Waals surface area contributed by atoms with E-state index in [0.29, 0.717) is 0 Å². The number of nitrogens with zero attached hydrogens (tertiary/aromatic N) is 3. The molecule has 6 heteroatoms. The molecule has 5 nitrogen and oxygen atoms in total. The van der Waals surface area contributed by atoms with Crippen molar-refractivity contribution in [3.8, 4) is 0 Å². The Bertz CT molecular complexity index is 441. The van der Waals surface area contributed by atoms with Crippen molar-refractivity contribution in [3.63, 3.8) is 0 Å². The van der Waals surface area contributed by atoms with Gasteiger partial charge in [-0.05, 0) is 6.92 Å². The topological polar surface area (TPSA) is 76.7 Å². The van der Waals surface area contributed by atoms with Gasteiger partial charge in [-0.2, -0.15) is 0 Å². The van der Waals surface area contributed by atoms with Gasteiger partial charge in [0.15, 0.2) is 0 Å². The molecule has 2 aromatic rings. The molecule has 3 N–H and O–H groups in total. The number of aromatic nitrogens is 3. The summed E-state index contributed by atoms with van der Waals surface area (Å²) in [5, 5.41) is 3.09. The molecule has 0 saturated carbocycles. The highest BCUT2D eigenvalue weighted by Crippen LogP contribution is 2.18. The highest BCUT2D eigenvalue weighted by Gasteiger charge is 2.12. The lowest BCUT2D eigenvalue weighted by atomic mass is 10.1. The molecule has 0 bridgehead atoms. The molecule has 2 rings (SSSR count). The molecule has 0 amide bonds. The average molecular weight is 235 g/mol. The van der Waals surface area contributed by atoms with Gasteiger partial charge in [0.2, 0.25) is 0 Å². The van der Waals surface area contributed by atoms with Crippen molar-refractivity contribution in [1.29, 1.82) is 0 Å². The summed E-state index contributed by atoms with van der Waals surface area (Å²) in [6.45, 7) is 1.98. The highest BCUT2D eigenvalue weighted by molar-refractivity contribution is 7.09. The van der Waals surface area contributed by atoms with Crippen molar-refractivity contribution in [2.24, 2.45) is 5.84 Å². The van der Waals surface area contributed by atoms with Gasteiger partial charge in [-0.25, -0.2) is 15.0 Å². The molecule has 0 spiro atoms. The normalized spacial score (nSPS) is 12.6. The van der Waals surface area contributed by atoms with E-state index in [0.717, 1.165) is 22.7 Å². The minimum atomic E-state index is 0.00625. The van der Waals surface area contributed by atoms with Crippen LogP contribution in [0.25, 0.3) is 0 Å². The van der Waals surface area contributed by atoms with E-state index in [1.54, 1.807) is 23.7 Å². The van der Waals surface area contributed by atoms with Gasteiger partial charge in [-0.3, -0.25) is 11.3 Å². The summed E-state index contributed by atoms with van der Waals surface area (Å²) in [5.74, 6) is 5.53. The number of thiazole rings is 1. The third-order valence-electron chi connectivity index (χ3n) is 2.23. The predicted molar refractivity (Wildman–Crippen MR) is 62.7 cm³/mol. The van der Waals surface area contributed by atoms with Crippen LogP contribution in [0.2, 0.25) is 0 Å². The fraction of sp³-hybridized carbons (Fsp3) is 0.300. The molecule has 0 radical (unpaired) electrons. The highest BCUT2D eigenvalue weighted by atomic mass is 32.1. The lowest BCUT2D eigenvalue weighted by Crippen LogP contribution is -2.29. The zero-order valence-corrected chi connectivity index (χ0v) is 9.74. The van der Waals surface area contributed by atoms with Crippen molar-refractivity contribution in [1.82, 2.24) is 20.4 Å². The summed E-state index contributed by atoms with van der Waals surface area (Å²) in [7, 11) is 0. The van der Waals surface area contributed by atoms with Crippen LogP contribution >= 0.6 is 11.3 Å². The Balaban J connectivity index is 2.12. The Morgan fingerprint density at radius 3 is 2.75 bits per heavy atom. The van der Waals surface area contributed by atoms with Crippen LogP contribution in [0.3, 0.4) is 0 Å². The van der Waals surface area contributed by atoms with E-state index in [4.69, 9.17) is 5.84 Å². The second-order valence-electron chi connectivity index (χ2n) is 3.48. The van der Waals surface area contributed by atoms with Crippen LogP contribution < -0.4 is 11.3 Å². The van der Waals surface area contributed by atoms with Gasteiger partial charge in [-0.15, -0.1) is 11.3 Å². The Morgan fingerprint density at radius 2 is 2.19 bits per heavy atom. The van der Waals surface area contributed by atoms with Crippen molar-refractivity contribution in [2.45, 2.75) is 19.4 Å². The molecular weight excluding hydrogens is 222 g/mol. The smallest absolute Gasteiger partial charge is 0.115 e. The second kappa shape index (κ2) is 5.11. The average Bonchev–Trinajstić information content (AvgIpc) is 2.73. The molecule has 0 fully saturated rings. The number of hydrazine groups is 1. The Labute approximate surface area is 97.7 Å². The first-order chi connectivity index (χ1) is 7.79. The fourth-order valence-corrected chi connectivity index (χ4v) is 2.25. The van der Waals surface area contributed by atoms with Crippen molar-refractivity contribution in [3.05, 3.63) is 40.4 Å². The summed E-state index contributed by atoms with van der Waals surface area (Å²) < 4.78 is 0. The maximum absolute atomic E-state index is 5.53. The van der Waals surface area contributed by atoms with E-state index < -0.39 is 0 Å². The zero-order chi connectivity index (χ0) is 11.4. The molecule has 84 valence electrons. The van der Waals surface area contributed by atoms with Crippen LogP contribution in [0.5, 0.6) is 0 Å². The second-order valence-corrected chi connectivity index (χ2v) is 4.42. The fourth-order valence-electron chi connectivity index (χ4n) is 1.43. The number of hydrogen-bond donors (Lipinski definition) is 2. The summed E-state index contributed by atoms with van der Waals surface area (Å²) in [5.41, 5.74) is 4.77. The Hall–Kier alpha value is -1.37. The van der Waals surface area contributed by atoms with Crippen molar-refractivity contribution >= 4 is 11.3 Å². The monoisotopic (exact) mass is 235 g/mol. The summed E-state index contributed by atoms with van der Waals surface area (Å²) in [6.07, 6.45) is 5.78. The molecule has 2 heterocycles. The maximum atomic E-state index is 5.53. The van der Waals surface area contributed by atoms with Gasteiger partial charge in [0.05, 0.1) is 11.0 Å². The van der Waals surface area contributed by atoms with E-state index in [2.05, 4.69) is 20.4 Å².